The highest BCUT2D eigenvalue weighted by Crippen LogP contribution is 2.32. The van der Waals surface area contributed by atoms with Gasteiger partial charge in [0.25, 0.3) is 0 Å². The van der Waals surface area contributed by atoms with Crippen LogP contribution in [0, 0.1) is 17.2 Å². The van der Waals surface area contributed by atoms with Crippen molar-refractivity contribution in [2.75, 3.05) is 6.61 Å². The fourth-order valence-corrected chi connectivity index (χ4v) is 3.26. The van der Waals surface area contributed by atoms with Crippen LogP contribution in [0.3, 0.4) is 0 Å². The molecule has 118 valence electrons. The van der Waals surface area contributed by atoms with Gasteiger partial charge < -0.3 is 10.4 Å². The number of hydrogen-bond donors (Lipinski definition) is 2. The van der Waals surface area contributed by atoms with E-state index in [-0.39, 0.29) is 18.9 Å². The average Bonchev–Trinajstić information content (AvgIpc) is 2.56. The Morgan fingerprint density at radius 1 is 1.32 bits per heavy atom. The molecule has 1 aromatic carbocycles. The standard InChI is InChI=1S/C18H24N2O2/c1-18(13-21,16-5-3-2-4-6-16)20-17(22)11-14-7-9-15(12-19)10-8-14/h7-10,16,21H,2-6,11,13H2,1H3,(H,20,22)/t18-/m0/s1. The normalized spacial score (nSPS) is 18.2. The zero-order valence-corrected chi connectivity index (χ0v) is 13.1. The molecular formula is C18H24N2O2. The van der Waals surface area contributed by atoms with E-state index in [1.54, 1.807) is 24.3 Å². The van der Waals surface area contributed by atoms with Crippen LogP contribution < -0.4 is 5.32 Å². The lowest BCUT2D eigenvalue weighted by Crippen LogP contribution is -2.55. The Labute approximate surface area is 132 Å². The second-order valence-corrected chi connectivity index (χ2v) is 6.44. The molecule has 1 aromatic rings. The monoisotopic (exact) mass is 300 g/mol. The summed E-state index contributed by atoms with van der Waals surface area (Å²) < 4.78 is 0. The van der Waals surface area contributed by atoms with Crippen molar-refractivity contribution in [3.8, 4) is 6.07 Å². The molecule has 0 bridgehead atoms. The van der Waals surface area contributed by atoms with E-state index >= 15 is 0 Å². The van der Waals surface area contributed by atoms with Crippen LogP contribution in [-0.4, -0.2) is 23.2 Å². The summed E-state index contributed by atoms with van der Waals surface area (Å²) in [6, 6.07) is 9.10. The van der Waals surface area contributed by atoms with Crippen LogP contribution in [0.2, 0.25) is 0 Å². The van der Waals surface area contributed by atoms with Gasteiger partial charge in [0.15, 0.2) is 0 Å². The van der Waals surface area contributed by atoms with E-state index in [4.69, 9.17) is 5.26 Å². The lowest BCUT2D eigenvalue weighted by molar-refractivity contribution is -0.123. The molecule has 4 nitrogen and oxygen atoms in total. The van der Waals surface area contributed by atoms with E-state index in [9.17, 15) is 9.90 Å². The van der Waals surface area contributed by atoms with Gasteiger partial charge in [-0.05, 0) is 43.4 Å². The Bertz CT molecular complexity index is 541. The fourth-order valence-electron chi connectivity index (χ4n) is 3.26. The Morgan fingerprint density at radius 2 is 1.95 bits per heavy atom. The van der Waals surface area contributed by atoms with Crippen molar-refractivity contribution in [3.63, 3.8) is 0 Å². The van der Waals surface area contributed by atoms with Crippen LogP contribution >= 0.6 is 0 Å². The number of carbonyl (C=O) groups is 1. The number of nitrogens with zero attached hydrogens (tertiary/aromatic N) is 1. The van der Waals surface area contributed by atoms with E-state index < -0.39 is 5.54 Å². The molecule has 2 N–H and O–H groups in total. The van der Waals surface area contributed by atoms with E-state index in [1.807, 2.05) is 6.92 Å². The van der Waals surface area contributed by atoms with E-state index in [1.165, 1.54) is 19.3 Å². The number of aliphatic hydroxyl groups excluding tert-OH is 1. The molecule has 1 atom stereocenters. The van der Waals surface area contributed by atoms with Gasteiger partial charge in [0.2, 0.25) is 5.91 Å². The number of nitrogens with one attached hydrogen (secondary N) is 1. The SMILES string of the molecule is C[C@@](CO)(NC(=O)Cc1ccc(C#N)cc1)C1CCCCC1. The number of rotatable bonds is 5. The predicted molar refractivity (Wildman–Crippen MR) is 85.1 cm³/mol. The third kappa shape index (κ3) is 4.08. The van der Waals surface area contributed by atoms with Crippen molar-refractivity contribution in [3.05, 3.63) is 35.4 Å². The van der Waals surface area contributed by atoms with Crippen molar-refractivity contribution in [1.29, 1.82) is 5.26 Å². The van der Waals surface area contributed by atoms with Crippen LogP contribution in [0.4, 0.5) is 0 Å². The number of carbonyl (C=O) groups excluding carboxylic acids is 1. The van der Waals surface area contributed by atoms with Crippen molar-refractivity contribution in [2.45, 2.75) is 51.0 Å². The van der Waals surface area contributed by atoms with Gasteiger partial charge >= 0.3 is 0 Å². The largest absolute Gasteiger partial charge is 0.394 e. The van der Waals surface area contributed by atoms with Crippen LogP contribution in [0.15, 0.2) is 24.3 Å². The highest BCUT2D eigenvalue weighted by molar-refractivity contribution is 5.79. The molecule has 0 saturated heterocycles. The first kappa shape index (κ1) is 16.5. The highest BCUT2D eigenvalue weighted by atomic mass is 16.3. The van der Waals surface area contributed by atoms with Crippen molar-refractivity contribution in [1.82, 2.24) is 5.32 Å². The molecule has 4 heteroatoms. The second kappa shape index (κ2) is 7.42. The van der Waals surface area contributed by atoms with Crippen molar-refractivity contribution < 1.29 is 9.90 Å². The third-order valence-corrected chi connectivity index (χ3v) is 4.71. The molecule has 1 saturated carbocycles. The van der Waals surface area contributed by atoms with Crippen LogP contribution in [0.5, 0.6) is 0 Å². The minimum atomic E-state index is -0.538. The summed E-state index contributed by atoms with van der Waals surface area (Å²) >= 11 is 0. The molecule has 1 fully saturated rings. The van der Waals surface area contributed by atoms with Gasteiger partial charge in [0.05, 0.1) is 30.2 Å². The number of aliphatic hydroxyl groups is 1. The average molecular weight is 300 g/mol. The zero-order valence-electron chi connectivity index (χ0n) is 13.1. The summed E-state index contributed by atoms with van der Waals surface area (Å²) in [6.07, 6.45) is 5.99. The summed E-state index contributed by atoms with van der Waals surface area (Å²) in [5.74, 6) is 0.267. The Hall–Kier alpha value is -1.86. The van der Waals surface area contributed by atoms with Crippen LogP contribution in [0.25, 0.3) is 0 Å². The van der Waals surface area contributed by atoms with Gasteiger partial charge in [-0.2, -0.15) is 5.26 Å². The molecule has 1 aliphatic carbocycles. The summed E-state index contributed by atoms with van der Waals surface area (Å²) in [5.41, 5.74) is 0.927. The quantitative estimate of drug-likeness (QED) is 0.877. The van der Waals surface area contributed by atoms with Gasteiger partial charge in [-0.25, -0.2) is 0 Å². The first-order valence-corrected chi connectivity index (χ1v) is 7.98. The van der Waals surface area contributed by atoms with Crippen LogP contribution in [-0.2, 0) is 11.2 Å². The lowest BCUT2D eigenvalue weighted by atomic mass is 9.76. The van der Waals surface area contributed by atoms with E-state index in [2.05, 4.69) is 11.4 Å². The minimum absolute atomic E-state index is 0.0310. The molecular weight excluding hydrogens is 276 g/mol. The number of hydrogen-bond acceptors (Lipinski definition) is 3. The molecule has 0 heterocycles. The maximum atomic E-state index is 12.3. The lowest BCUT2D eigenvalue weighted by Gasteiger charge is -2.39. The van der Waals surface area contributed by atoms with E-state index in [0.29, 0.717) is 11.5 Å². The minimum Gasteiger partial charge on any atom is -0.394 e. The molecule has 0 aliphatic heterocycles. The Kier molecular flexibility index (Phi) is 5.57. The van der Waals surface area contributed by atoms with Crippen molar-refractivity contribution in [2.24, 2.45) is 5.92 Å². The summed E-state index contributed by atoms with van der Waals surface area (Å²) in [5, 5.41) is 21.6. The number of nitriles is 1. The molecule has 0 spiro atoms. The molecule has 22 heavy (non-hydrogen) atoms. The first-order chi connectivity index (χ1) is 10.6. The smallest absolute Gasteiger partial charge is 0.224 e. The van der Waals surface area contributed by atoms with E-state index in [0.717, 1.165) is 18.4 Å². The molecule has 0 unspecified atom stereocenters. The molecule has 0 radical (unpaired) electrons. The van der Waals surface area contributed by atoms with Crippen LogP contribution in [0.1, 0.15) is 50.2 Å². The van der Waals surface area contributed by atoms with Crippen molar-refractivity contribution >= 4 is 5.91 Å². The van der Waals surface area contributed by atoms with Gasteiger partial charge in [-0.3, -0.25) is 4.79 Å². The molecule has 1 aliphatic rings. The number of benzene rings is 1. The summed E-state index contributed by atoms with van der Waals surface area (Å²) in [7, 11) is 0. The predicted octanol–water partition coefficient (Wildman–Crippen LogP) is 2.55. The van der Waals surface area contributed by atoms with Gasteiger partial charge in [0, 0.05) is 0 Å². The highest BCUT2D eigenvalue weighted by Gasteiger charge is 2.35. The third-order valence-electron chi connectivity index (χ3n) is 4.71. The Balaban J connectivity index is 1.97. The van der Waals surface area contributed by atoms with Gasteiger partial charge in [-0.15, -0.1) is 0 Å². The number of amides is 1. The molecule has 2 rings (SSSR count). The maximum absolute atomic E-state index is 12.3. The maximum Gasteiger partial charge on any atom is 0.224 e. The fraction of sp³-hybridized carbons (Fsp3) is 0.556. The van der Waals surface area contributed by atoms with Gasteiger partial charge in [-0.1, -0.05) is 31.4 Å². The Morgan fingerprint density at radius 3 is 2.50 bits per heavy atom. The molecule has 0 aromatic heterocycles. The first-order valence-electron chi connectivity index (χ1n) is 7.98. The van der Waals surface area contributed by atoms with Gasteiger partial charge in [0.1, 0.15) is 0 Å². The zero-order chi connectivity index (χ0) is 16.0. The summed E-state index contributed by atoms with van der Waals surface area (Å²) in [4.78, 5) is 12.3. The molecule has 1 amide bonds. The summed E-state index contributed by atoms with van der Waals surface area (Å²) in [6.45, 7) is 1.91. The topological polar surface area (TPSA) is 73.1 Å². The second-order valence-electron chi connectivity index (χ2n) is 6.44.